The van der Waals surface area contributed by atoms with Gasteiger partial charge in [0.2, 0.25) is 0 Å². The van der Waals surface area contributed by atoms with Crippen molar-refractivity contribution in [1.82, 2.24) is 0 Å². The maximum atomic E-state index is 11.8. The Hall–Kier alpha value is -0.110. The first kappa shape index (κ1) is 6.02. The highest BCUT2D eigenvalue weighted by atomic mass is 19.1. The monoisotopic (exact) mass is 117 g/mol. The molecule has 0 amide bonds. The molecule has 2 N–H and O–H groups in total. The highest BCUT2D eigenvalue weighted by Crippen LogP contribution is 2.23. The van der Waals surface area contributed by atoms with Crippen LogP contribution in [0.4, 0.5) is 4.39 Å². The van der Waals surface area contributed by atoms with E-state index in [1.54, 1.807) is 0 Å². The average Bonchev–Trinajstić information content (AvgIpc) is 2.14. The van der Waals surface area contributed by atoms with Gasteiger partial charge in [0.1, 0.15) is 0 Å². The number of rotatable bonds is 1. The molecule has 1 aliphatic carbocycles. The normalized spacial score (nSPS) is 38.2. The molecule has 1 rings (SSSR count). The predicted octanol–water partition coefficient (Wildman–Crippen LogP) is 1.08. The third-order valence-electron chi connectivity index (χ3n) is 1.80. The zero-order valence-corrected chi connectivity index (χ0v) is 4.94. The Kier molecular flexibility index (Phi) is 1.84. The fourth-order valence-electron chi connectivity index (χ4n) is 1.25. The number of halogens is 1. The average molecular weight is 117 g/mol. The summed E-state index contributed by atoms with van der Waals surface area (Å²) >= 11 is 0. The van der Waals surface area contributed by atoms with Gasteiger partial charge in [-0.3, -0.25) is 4.39 Å². The van der Waals surface area contributed by atoms with Gasteiger partial charge < -0.3 is 5.73 Å². The van der Waals surface area contributed by atoms with E-state index in [1.807, 2.05) is 0 Å². The molecule has 0 aromatic heterocycles. The van der Waals surface area contributed by atoms with Crippen molar-refractivity contribution in [1.29, 1.82) is 0 Å². The molecule has 0 saturated heterocycles. The first-order chi connectivity index (χ1) is 3.83. The molecule has 0 aromatic rings. The van der Waals surface area contributed by atoms with Crippen LogP contribution in [0.5, 0.6) is 0 Å². The van der Waals surface area contributed by atoms with Crippen molar-refractivity contribution in [2.75, 3.05) is 6.67 Å². The standard InChI is InChI=1S/C6H12FN/c7-4-5-1-2-6(8)3-5/h5-6H,1-4,8H2/t5-,6-/m0/s1. The van der Waals surface area contributed by atoms with E-state index in [0.29, 0.717) is 0 Å². The summed E-state index contributed by atoms with van der Waals surface area (Å²) in [5.41, 5.74) is 5.53. The van der Waals surface area contributed by atoms with Gasteiger partial charge in [-0.25, -0.2) is 0 Å². The topological polar surface area (TPSA) is 26.0 Å². The Labute approximate surface area is 49.1 Å². The SMILES string of the molecule is N[C@H]1CC[C@H](CF)C1. The number of nitrogens with two attached hydrogens (primary N) is 1. The highest BCUT2D eigenvalue weighted by molar-refractivity contribution is 4.76. The van der Waals surface area contributed by atoms with Gasteiger partial charge in [0.15, 0.2) is 0 Å². The van der Waals surface area contributed by atoms with Gasteiger partial charge in [0.05, 0.1) is 6.67 Å². The van der Waals surface area contributed by atoms with Crippen LogP contribution >= 0.6 is 0 Å². The molecule has 2 atom stereocenters. The summed E-state index contributed by atoms with van der Waals surface area (Å²) in [6.45, 7) is -0.173. The largest absolute Gasteiger partial charge is 0.328 e. The van der Waals surface area contributed by atoms with E-state index in [4.69, 9.17) is 5.73 Å². The maximum Gasteiger partial charge on any atom is 0.0923 e. The minimum atomic E-state index is -0.173. The Bertz CT molecular complexity index is 74.9. The van der Waals surface area contributed by atoms with Crippen molar-refractivity contribution in [3.05, 3.63) is 0 Å². The summed E-state index contributed by atoms with van der Waals surface area (Å²) in [6.07, 6.45) is 2.92. The number of alkyl halides is 1. The van der Waals surface area contributed by atoms with Crippen LogP contribution < -0.4 is 5.73 Å². The number of hydrogen-bond donors (Lipinski definition) is 1. The third kappa shape index (κ3) is 1.19. The van der Waals surface area contributed by atoms with Crippen LogP contribution in [-0.2, 0) is 0 Å². The van der Waals surface area contributed by atoms with Crippen molar-refractivity contribution in [2.45, 2.75) is 25.3 Å². The summed E-state index contributed by atoms with van der Waals surface area (Å²) in [5, 5.41) is 0. The Balaban J connectivity index is 2.22. The third-order valence-corrected chi connectivity index (χ3v) is 1.80. The van der Waals surface area contributed by atoms with E-state index < -0.39 is 0 Å². The van der Waals surface area contributed by atoms with Gasteiger partial charge in [0.25, 0.3) is 0 Å². The van der Waals surface area contributed by atoms with Gasteiger partial charge in [-0.05, 0) is 25.2 Å². The molecule has 0 spiro atoms. The van der Waals surface area contributed by atoms with Crippen LogP contribution in [0.1, 0.15) is 19.3 Å². The quantitative estimate of drug-likeness (QED) is 0.546. The highest BCUT2D eigenvalue weighted by Gasteiger charge is 2.20. The summed E-state index contributed by atoms with van der Waals surface area (Å²) in [7, 11) is 0. The van der Waals surface area contributed by atoms with Gasteiger partial charge >= 0.3 is 0 Å². The molecule has 1 saturated carbocycles. The molecule has 0 aliphatic heterocycles. The summed E-state index contributed by atoms with van der Waals surface area (Å²) < 4.78 is 11.8. The van der Waals surface area contributed by atoms with E-state index in [2.05, 4.69) is 0 Å². The zero-order chi connectivity index (χ0) is 5.98. The van der Waals surface area contributed by atoms with Crippen LogP contribution in [0.25, 0.3) is 0 Å². The molecule has 0 bridgehead atoms. The second-order valence-electron chi connectivity index (χ2n) is 2.59. The first-order valence-electron chi connectivity index (χ1n) is 3.14. The minimum absolute atomic E-state index is 0.173. The Morgan fingerprint density at radius 2 is 2.25 bits per heavy atom. The van der Waals surface area contributed by atoms with Crippen LogP contribution in [-0.4, -0.2) is 12.7 Å². The lowest BCUT2D eigenvalue weighted by Gasteiger charge is -1.99. The molecule has 1 nitrogen and oxygen atoms in total. The van der Waals surface area contributed by atoms with Crippen LogP contribution in [0.2, 0.25) is 0 Å². The maximum absolute atomic E-state index is 11.8. The molecule has 1 aliphatic rings. The smallest absolute Gasteiger partial charge is 0.0923 e. The lowest BCUT2D eigenvalue weighted by Crippen LogP contribution is -2.14. The van der Waals surface area contributed by atoms with Gasteiger partial charge in [-0.2, -0.15) is 0 Å². The minimum Gasteiger partial charge on any atom is -0.328 e. The van der Waals surface area contributed by atoms with E-state index >= 15 is 0 Å². The predicted molar refractivity (Wildman–Crippen MR) is 31.3 cm³/mol. The summed E-state index contributed by atoms with van der Waals surface area (Å²) in [6, 6.07) is 0.288. The molecular formula is C6H12FN. The van der Waals surface area contributed by atoms with Gasteiger partial charge in [-0.15, -0.1) is 0 Å². The molecule has 0 aromatic carbocycles. The fourth-order valence-corrected chi connectivity index (χ4v) is 1.25. The van der Waals surface area contributed by atoms with E-state index in [-0.39, 0.29) is 18.6 Å². The molecule has 8 heavy (non-hydrogen) atoms. The summed E-state index contributed by atoms with van der Waals surface area (Å²) in [4.78, 5) is 0. The first-order valence-corrected chi connectivity index (χ1v) is 3.14. The van der Waals surface area contributed by atoms with Crippen LogP contribution in [0.15, 0.2) is 0 Å². The molecule has 0 unspecified atom stereocenters. The van der Waals surface area contributed by atoms with Crippen molar-refractivity contribution < 1.29 is 4.39 Å². The lowest BCUT2D eigenvalue weighted by atomic mass is 10.1. The van der Waals surface area contributed by atoms with Crippen molar-refractivity contribution in [3.63, 3.8) is 0 Å². The molecule has 0 radical (unpaired) electrons. The molecule has 48 valence electrons. The van der Waals surface area contributed by atoms with E-state index in [9.17, 15) is 4.39 Å². The van der Waals surface area contributed by atoms with Gasteiger partial charge in [-0.1, -0.05) is 0 Å². The van der Waals surface area contributed by atoms with Crippen molar-refractivity contribution in [2.24, 2.45) is 11.7 Å². The Morgan fingerprint density at radius 3 is 2.50 bits per heavy atom. The fraction of sp³-hybridized carbons (Fsp3) is 1.00. The lowest BCUT2D eigenvalue weighted by molar-refractivity contribution is 0.365. The molecule has 0 heterocycles. The Morgan fingerprint density at radius 1 is 1.50 bits per heavy atom. The van der Waals surface area contributed by atoms with Crippen LogP contribution in [0.3, 0.4) is 0 Å². The van der Waals surface area contributed by atoms with E-state index in [0.717, 1.165) is 19.3 Å². The van der Waals surface area contributed by atoms with Crippen LogP contribution in [0, 0.1) is 5.92 Å². The second kappa shape index (κ2) is 2.44. The van der Waals surface area contributed by atoms with Gasteiger partial charge in [0, 0.05) is 6.04 Å². The molecule has 1 fully saturated rings. The number of hydrogen-bond acceptors (Lipinski definition) is 1. The molecular weight excluding hydrogens is 105 g/mol. The van der Waals surface area contributed by atoms with Crippen molar-refractivity contribution >= 4 is 0 Å². The zero-order valence-electron chi connectivity index (χ0n) is 4.94. The van der Waals surface area contributed by atoms with E-state index in [1.165, 1.54) is 0 Å². The van der Waals surface area contributed by atoms with Crippen molar-refractivity contribution in [3.8, 4) is 0 Å². The summed E-state index contributed by atoms with van der Waals surface area (Å²) in [5.74, 6) is 0.282. The molecule has 2 heteroatoms. The second-order valence-corrected chi connectivity index (χ2v) is 2.59.